The van der Waals surface area contributed by atoms with E-state index in [4.69, 9.17) is 5.84 Å². The Labute approximate surface area is 113 Å². The number of nitrogens with two attached hydrogens (primary N) is 1. The van der Waals surface area contributed by atoms with E-state index in [1.807, 2.05) is 30.3 Å². The van der Waals surface area contributed by atoms with Crippen LogP contribution in [0.25, 0.3) is 0 Å². The highest BCUT2D eigenvalue weighted by Gasteiger charge is 2.07. The Morgan fingerprint density at radius 2 is 1.79 bits per heavy atom. The summed E-state index contributed by atoms with van der Waals surface area (Å²) in [4.78, 5) is 8.77. The van der Waals surface area contributed by atoms with E-state index in [-0.39, 0.29) is 0 Å². The van der Waals surface area contributed by atoms with Crippen LogP contribution in [0.1, 0.15) is 31.0 Å². The van der Waals surface area contributed by atoms with Crippen LogP contribution in [-0.2, 0) is 0 Å². The molecule has 0 unspecified atom stereocenters. The van der Waals surface area contributed by atoms with Gasteiger partial charge in [0.15, 0.2) is 0 Å². The van der Waals surface area contributed by atoms with Gasteiger partial charge in [-0.2, -0.15) is 4.98 Å². The van der Waals surface area contributed by atoms with Gasteiger partial charge in [-0.3, -0.25) is 0 Å². The van der Waals surface area contributed by atoms with Gasteiger partial charge in [-0.15, -0.1) is 0 Å². The molecule has 2 aromatic rings. The monoisotopic (exact) mass is 257 g/mol. The predicted octanol–water partition coefficient (Wildman–Crippen LogP) is 2.94. The number of aryl methyl sites for hydroxylation is 1. The fraction of sp³-hybridized carbons (Fsp3) is 0.286. The molecule has 0 saturated heterocycles. The summed E-state index contributed by atoms with van der Waals surface area (Å²) in [6.07, 6.45) is 0. The summed E-state index contributed by atoms with van der Waals surface area (Å²) >= 11 is 0. The van der Waals surface area contributed by atoms with E-state index in [0.29, 0.717) is 17.7 Å². The molecule has 1 heterocycles. The van der Waals surface area contributed by atoms with Gasteiger partial charge in [-0.25, -0.2) is 10.8 Å². The van der Waals surface area contributed by atoms with E-state index < -0.39 is 0 Å². The number of hydrogen-bond donors (Lipinski definition) is 3. The van der Waals surface area contributed by atoms with Crippen molar-refractivity contribution in [3.05, 3.63) is 41.6 Å². The van der Waals surface area contributed by atoms with Crippen molar-refractivity contribution in [1.82, 2.24) is 9.97 Å². The maximum atomic E-state index is 5.43. The third kappa shape index (κ3) is 3.42. The Balaban J connectivity index is 2.28. The minimum Gasteiger partial charge on any atom is -0.324 e. The lowest BCUT2D eigenvalue weighted by atomic mass is 10.1. The average molecular weight is 257 g/mol. The van der Waals surface area contributed by atoms with E-state index in [0.717, 1.165) is 11.4 Å². The SMILES string of the molecule is Cc1ccc(Nc2nc(NN)cc(C(C)C)n2)cc1. The van der Waals surface area contributed by atoms with Crippen LogP contribution in [0, 0.1) is 6.92 Å². The molecule has 0 aliphatic carbocycles. The minimum absolute atomic E-state index is 0.314. The maximum Gasteiger partial charge on any atom is 0.229 e. The minimum atomic E-state index is 0.314. The molecule has 2 rings (SSSR count). The lowest BCUT2D eigenvalue weighted by Gasteiger charge is -2.11. The summed E-state index contributed by atoms with van der Waals surface area (Å²) in [5.74, 6) is 6.90. The smallest absolute Gasteiger partial charge is 0.229 e. The first-order chi connectivity index (χ1) is 9.08. The fourth-order valence-electron chi connectivity index (χ4n) is 1.66. The second-order valence-electron chi connectivity index (χ2n) is 4.79. The van der Waals surface area contributed by atoms with Gasteiger partial charge >= 0.3 is 0 Å². The van der Waals surface area contributed by atoms with Gasteiger partial charge in [0.25, 0.3) is 0 Å². The van der Waals surface area contributed by atoms with Gasteiger partial charge in [-0.05, 0) is 25.0 Å². The van der Waals surface area contributed by atoms with Crippen molar-refractivity contribution in [1.29, 1.82) is 0 Å². The molecule has 4 N–H and O–H groups in total. The molecule has 1 aromatic carbocycles. The molecule has 100 valence electrons. The van der Waals surface area contributed by atoms with Gasteiger partial charge in [0.1, 0.15) is 5.82 Å². The summed E-state index contributed by atoms with van der Waals surface area (Å²) in [7, 11) is 0. The van der Waals surface area contributed by atoms with E-state index in [1.165, 1.54) is 5.56 Å². The maximum absolute atomic E-state index is 5.43. The zero-order chi connectivity index (χ0) is 13.8. The Kier molecular flexibility index (Phi) is 3.97. The largest absolute Gasteiger partial charge is 0.324 e. The van der Waals surface area contributed by atoms with Gasteiger partial charge in [-0.1, -0.05) is 31.5 Å². The summed E-state index contributed by atoms with van der Waals surface area (Å²) in [6.45, 7) is 6.21. The quantitative estimate of drug-likeness (QED) is 0.580. The molecular weight excluding hydrogens is 238 g/mol. The number of hydrogen-bond acceptors (Lipinski definition) is 5. The second-order valence-corrected chi connectivity index (χ2v) is 4.79. The molecule has 0 fully saturated rings. The molecule has 0 bridgehead atoms. The number of rotatable bonds is 4. The molecule has 0 atom stereocenters. The highest BCUT2D eigenvalue weighted by molar-refractivity contribution is 5.55. The first kappa shape index (κ1) is 13.3. The number of aromatic nitrogens is 2. The van der Waals surface area contributed by atoms with Crippen molar-refractivity contribution < 1.29 is 0 Å². The highest BCUT2D eigenvalue weighted by Crippen LogP contribution is 2.20. The van der Waals surface area contributed by atoms with E-state index in [1.54, 1.807) is 0 Å². The molecule has 19 heavy (non-hydrogen) atoms. The van der Waals surface area contributed by atoms with Gasteiger partial charge in [0, 0.05) is 11.8 Å². The number of anilines is 3. The third-order valence-electron chi connectivity index (χ3n) is 2.79. The van der Waals surface area contributed by atoms with Crippen LogP contribution >= 0.6 is 0 Å². The van der Waals surface area contributed by atoms with Gasteiger partial charge < -0.3 is 10.7 Å². The zero-order valence-corrected chi connectivity index (χ0v) is 11.4. The normalized spacial score (nSPS) is 10.6. The van der Waals surface area contributed by atoms with Crippen LogP contribution in [0.15, 0.2) is 30.3 Å². The number of hydrazine groups is 1. The lowest BCUT2D eigenvalue weighted by molar-refractivity contribution is 0.817. The summed E-state index contributed by atoms with van der Waals surface area (Å²) < 4.78 is 0. The van der Waals surface area contributed by atoms with Crippen LogP contribution in [0.3, 0.4) is 0 Å². The number of nitrogens with zero attached hydrogens (tertiary/aromatic N) is 2. The van der Waals surface area contributed by atoms with Crippen molar-refractivity contribution in [2.45, 2.75) is 26.7 Å². The first-order valence-electron chi connectivity index (χ1n) is 6.28. The van der Waals surface area contributed by atoms with Crippen molar-refractivity contribution in [3.63, 3.8) is 0 Å². The molecular formula is C14H19N5. The van der Waals surface area contributed by atoms with Crippen LogP contribution in [0.2, 0.25) is 0 Å². The van der Waals surface area contributed by atoms with E-state index >= 15 is 0 Å². The van der Waals surface area contributed by atoms with Crippen LogP contribution < -0.4 is 16.6 Å². The molecule has 1 aromatic heterocycles. The van der Waals surface area contributed by atoms with Crippen molar-refractivity contribution in [3.8, 4) is 0 Å². The number of nitrogens with one attached hydrogen (secondary N) is 2. The van der Waals surface area contributed by atoms with Crippen molar-refractivity contribution in [2.75, 3.05) is 10.7 Å². The van der Waals surface area contributed by atoms with Crippen LogP contribution in [0.5, 0.6) is 0 Å². The molecule has 0 aliphatic rings. The fourth-order valence-corrected chi connectivity index (χ4v) is 1.66. The van der Waals surface area contributed by atoms with Crippen LogP contribution in [0.4, 0.5) is 17.5 Å². The average Bonchev–Trinajstić information content (AvgIpc) is 2.41. The molecule has 0 aliphatic heterocycles. The molecule has 0 radical (unpaired) electrons. The summed E-state index contributed by atoms with van der Waals surface area (Å²) in [5.41, 5.74) is 5.68. The first-order valence-corrected chi connectivity index (χ1v) is 6.28. The van der Waals surface area contributed by atoms with Gasteiger partial charge in [0.2, 0.25) is 5.95 Å². The Hall–Kier alpha value is -2.14. The third-order valence-corrected chi connectivity index (χ3v) is 2.79. The predicted molar refractivity (Wildman–Crippen MR) is 78.4 cm³/mol. The molecule has 0 amide bonds. The lowest BCUT2D eigenvalue weighted by Crippen LogP contribution is -2.11. The Morgan fingerprint density at radius 3 is 2.37 bits per heavy atom. The molecule has 0 spiro atoms. The topological polar surface area (TPSA) is 75.9 Å². The number of nitrogen functional groups attached to an aromatic ring is 1. The summed E-state index contributed by atoms with van der Waals surface area (Å²) in [6, 6.07) is 9.92. The number of benzene rings is 1. The highest BCUT2D eigenvalue weighted by atomic mass is 15.3. The van der Waals surface area contributed by atoms with Gasteiger partial charge in [0.05, 0.1) is 5.69 Å². The van der Waals surface area contributed by atoms with E-state index in [9.17, 15) is 0 Å². The van der Waals surface area contributed by atoms with Crippen molar-refractivity contribution >= 4 is 17.5 Å². The van der Waals surface area contributed by atoms with E-state index in [2.05, 4.69) is 41.5 Å². The molecule has 0 saturated carbocycles. The molecule has 5 heteroatoms. The van der Waals surface area contributed by atoms with Crippen LogP contribution in [-0.4, -0.2) is 9.97 Å². The Morgan fingerprint density at radius 1 is 1.11 bits per heavy atom. The van der Waals surface area contributed by atoms with Crippen molar-refractivity contribution in [2.24, 2.45) is 5.84 Å². The molecule has 5 nitrogen and oxygen atoms in total. The standard InChI is InChI=1S/C14H19N5/c1-9(2)12-8-13(19-15)18-14(17-12)16-11-6-4-10(3)5-7-11/h4-9H,15H2,1-3H3,(H2,16,17,18,19). The summed E-state index contributed by atoms with van der Waals surface area (Å²) in [5, 5.41) is 3.18. The second kappa shape index (κ2) is 5.67. The Bertz CT molecular complexity index is 548. The zero-order valence-electron chi connectivity index (χ0n) is 11.4.